The van der Waals surface area contributed by atoms with E-state index in [2.05, 4.69) is 5.32 Å². The van der Waals surface area contributed by atoms with E-state index in [1.165, 1.54) is 12.1 Å². The lowest BCUT2D eigenvalue weighted by Gasteiger charge is -2.13. The monoisotopic (exact) mass is 289 g/mol. The molecule has 0 atom stereocenters. The summed E-state index contributed by atoms with van der Waals surface area (Å²) in [6.07, 6.45) is 0. The maximum atomic E-state index is 13.3. The SMILES string of the molecule is CCOc1cc(F)ccc1NCc1cccc2c1OCO2. The highest BCUT2D eigenvalue weighted by Crippen LogP contribution is 2.36. The van der Waals surface area contributed by atoms with Crippen molar-refractivity contribution in [2.45, 2.75) is 13.5 Å². The molecule has 0 saturated carbocycles. The van der Waals surface area contributed by atoms with Crippen molar-refractivity contribution < 1.29 is 18.6 Å². The molecule has 0 saturated heterocycles. The predicted molar refractivity (Wildman–Crippen MR) is 77.5 cm³/mol. The summed E-state index contributed by atoms with van der Waals surface area (Å²) >= 11 is 0. The Morgan fingerprint density at radius 1 is 1.24 bits per heavy atom. The van der Waals surface area contributed by atoms with E-state index < -0.39 is 0 Å². The molecule has 0 spiro atoms. The van der Waals surface area contributed by atoms with Gasteiger partial charge in [-0.05, 0) is 25.1 Å². The average molecular weight is 289 g/mol. The predicted octanol–water partition coefficient (Wildman–Crippen LogP) is 3.57. The molecule has 1 aliphatic heterocycles. The van der Waals surface area contributed by atoms with Crippen molar-refractivity contribution >= 4 is 5.69 Å². The van der Waals surface area contributed by atoms with Crippen molar-refractivity contribution in [3.05, 3.63) is 47.8 Å². The number of benzene rings is 2. The Morgan fingerprint density at radius 2 is 2.14 bits per heavy atom. The second-order valence-corrected chi connectivity index (χ2v) is 4.58. The molecule has 0 aliphatic carbocycles. The van der Waals surface area contributed by atoms with Crippen LogP contribution in [0.5, 0.6) is 17.2 Å². The maximum absolute atomic E-state index is 13.3. The summed E-state index contributed by atoms with van der Waals surface area (Å²) in [5.74, 6) is 1.69. The molecule has 21 heavy (non-hydrogen) atoms. The Balaban J connectivity index is 1.78. The van der Waals surface area contributed by atoms with Crippen LogP contribution in [0.25, 0.3) is 0 Å². The number of hydrogen-bond donors (Lipinski definition) is 1. The van der Waals surface area contributed by atoms with Gasteiger partial charge in [-0.25, -0.2) is 4.39 Å². The van der Waals surface area contributed by atoms with E-state index in [9.17, 15) is 4.39 Å². The van der Waals surface area contributed by atoms with Crippen LogP contribution in [0.15, 0.2) is 36.4 Å². The van der Waals surface area contributed by atoms with E-state index >= 15 is 0 Å². The summed E-state index contributed by atoms with van der Waals surface area (Å²) in [6, 6.07) is 10.2. The lowest BCUT2D eigenvalue weighted by Crippen LogP contribution is -2.04. The van der Waals surface area contributed by atoms with Gasteiger partial charge >= 0.3 is 0 Å². The molecule has 3 rings (SSSR count). The van der Waals surface area contributed by atoms with Gasteiger partial charge in [0.05, 0.1) is 12.3 Å². The molecule has 1 aliphatic rings. The van der Waals surface area contributed by atoms with E-state index in [-0.39, 0.29) is 12.6 Å². The molecule has 1 N–H and O–H groups in total. The van der Waals surface area contributed by atoms with Crippen LogP contribution < -0.4 is 19.5 Å². The van der Waals surface area contributed by atoms with Crippen LogP contribution in [0.4, 0.5) is 10.1 Å². The second-order valence-electron chi connectivity index (χ2n) is 4.58. The number of fused-ring (bicyclic) bond motifs is 1. The smallest absolute Gasteiger partial charge is 0.231 e. The summed E-state index contributed by atoms with van der Waals surface area (Å²) in [5, 5.41) is 3.24. The largest absolute Gasteiger partial charge is 0.492 e. The third-order valence-electron chi connectivity index (χ3n) is 3.19. The summed E-state index contributed by atoms with van der Waals surface area (Å²) in [4.78, 5) is 0. The van der Waals surface area contributed by atoms with E-state index in [4.69, 9.17) is 14.2 Å². The Bertz CT molecular complexity index is 645. The van der Waals surface area contributed by atoms with Crippen molar-refractivity contribution in [1.82, 2.24) is 0 Å². The lowest BCUT2D eigenvalue weighted by molar-refractivity contribution is 0.173. The van der Waals surface area contributed by atoms with Crippen LogP contribution in [0.2, 0.25) is 0 Å². The lowest BCUT2D eigenvalue weighted by atomic mass is 10.1. The van der Waals surface area contributed by atoms with Gasteiger partial charge in [-0.3, -0.25) is 0 Å². The second kappa shape index (κ2) is 5.91. The van der Waals surface area contributed by atoms with E-state index in [1.807, 2.05) is 25.1 Å². The summed E-state index contributed by atoms with van der Waals surface area (Å²) in [6.45, 7) is 3.13. The Hall–Kier alpha value is -2.43. The van der Waals surface area contributed by atoms with Gasteiger partial charge in [-0.2, -0.15) is 0 Å². The highest BCUT2D eigenvalue weighted by atomic mass is 19.1. The molecule has 0 aromatic heterocycles. The molecule has 0 bridgehead atoms. The molecule has 1 heterocycles. The molecule has 0 unspecified atom stereocenters. The van der Waals surface area contributed by atoms with Crippen molar-refractivity contribution in [1.29, 1.82) is 0 Å². The van der Waals surface area contributed by atoms with Gasteiger partial charge in [0.15, 0.2) is 11.5 Å². The van der Waals surface area contributed by atoms with Crippen molar-refractivity contribution in [3.63, 3.8) is 0 Å². The molecule has 2 aromatic rings. The first-order valence-corrected chi connectivity index (χ1v) is 6.81. The van der Waals surface area contributed by atoms with Gasteiger partial charge < -0.3 is 19.5 Å². The Kier molecular flexibility index (Phi) is 3.81. The first kappa shape index (κ1) is 13.5. The Labute approximate surface area is 122 Å². The van der Waals surface area contributed by atoms with Crippen molar-refractivity contribution in [3.8, 4) is 17.2 Å². The average Bonchev–Trinajstić information content (AvgIpc) is 2.96. The number of nitrogens with one attached hydrogen (secondary N) is 1. The molecule has 5 heteroatoms. The van der Waals surface area contributed by atoms with Gasteiger partial charge in [0, 0.05) is 18.2 Å². The van der Waals surface area contributed by atoms with E-state index in [1.54, 1.807) is 6.07 Å². The van der Waals surface area contributed by atoms with Crippen molar-refractivity contribution in [2.75, 3.05) is 18.7 Å². The normalized spacial score (nSPS) is 12.3. The molecule has 0 radical (unpaired) electrons. The number of anilines is 1. The maximum Gasteiger partial charge on any atom is 0.231 e. The molecule has 0 amide bonds. The van der Waals surface area contributed by atoms with Gasteiger partial charge in [0.25, 0.3) is 0 Å². The zero-order valence-electron chi connectivity index (χ0n) is 11.7. The van der Waals surface area contributed by atoms with Crippen LogP contribution >= 0.6 is 0 Å². The number of hydrogen-bond acceptors (Lipinski definition) is 4. The summed E-state index contributed by atoms with van der Waals surface area (Å²) < 4.78 is 29.5. The number of para-hydroxylation sites is 1. The Morgan fingerprint density at radius 3 is 3.00 bits per heavy atom. The first-order valence-electron chi connectivity index (χ1n) is 6.81. The van der Waals surface area contributed by atoms with Crippen LogP contribution in [-0.2, 0) is 6.54 Å². The van der Waals surface area contributed by atoms with Gasteiger partial charge in [-0.1, -0.05) is 12.1 Å². The third kappa shape index (κ3) is 2.86. The minimum atomic E-state index is -0.318. The number of rotatable bonds is 5. The van der Waals surface area contributed by atoms with Gasteiger partial charge in [0.2, 0.25) is 6.79 Å². The fraction of sp³-hybridized carbons (Fsp3) is 0.250. The van der Waals surface area contributed by atoms with Gasteiger partial charge in [0.1, 0.15) is 11.6 Å². The molecular weight excluding hydrogens is 273 g/mol. The first-order chi connectivity index (χ1) is 10.3. The van der Waals surface area contributed by atoms with Crippen molar-refractivity contribution in [2.24, 2.45) is 0 Å². The zero-order chi connectivity index (χ0) is 14.7. The molecule has 0 fully saturated rings. The highest BCUT2D eigenvalue weighted by molar-refractivity contribution is 5.58. The standard InChI is InChI=1S/C16H16FNO3/c1-2-19-15-8-12(17)6-7-13(15)18-9-11-4-3-5-14-16(11)21-10-20-14/h3-8,18H,2,9-10H2,1H3. The van der Waals surface area contributed by atoms with Crippen LogP contribution in [-0.4, -0.2) is 13.4 Å². The molecule has 4 nitrogen and oxygen atoms in total. The van der Waals surface area contributed by atoms with Crippen LogP contribution in [0.1, 0.15) is 12.5 Å². The molecular formula is C16H16FNO3. The molecule has 110 valence electrons. The van der Waals surface area contributed by atoms with E-state index in [0.29, 0.717) is 18.9 Å². The third-order valence-corrected chi connectivity index (χ3v) is 3.19. The summed E-state index contributed by atoms with van der Waals surface area (Å²) in [7, 11) is 0. The molecule has 2 aromatic carbocycles. The number of ether oxygens (including phenoxy) is 3. The van der Waals surface area contributed by atoms with Gasteiger partial charge in [-0.15, -0.1) is 0 Å². The minimum absolute atomic E-state index is 0.243. The zero-order valence-corrected chi connectivity index (χ0v) is 11.7. The fourth-order valence-electron chi connectivity index (χ4n) is 2.24. The summed E-state index contributed by atoms with van der Waals surface area (Å²) in [5.41, 5.74) is 1.73. The van der Waals surface area contributed by atoms with Crippen LogP contribution in [0.3, 0.4) is 0 Å². The van der Waals surface area contributed by atoms with E-state index in [0.717, 1.165) is 22.7 Å². The highest BCUT2D eigenvalue weighted by Gasteiger charge is 2.17. The quantitative estimate of drug-likeness (QED) is 0.913. The van der Waals surface area contributed by atoms with Crippen LogP contribution in [0, 0.1) is 5.82 Å². The topological polar surface area (TPSA) is 39.7 Å². The minimum Gasteiger partial charge on any atom is -0.492 e. The number of halogens is 1. The fourth-order valence-corrected chi connectivity index (χ4v) is 2.24.